The van der Waals surface area contributed by atoms with Gasteiger partial charge in [0.25, 0.3) is 0 Å². The van der Waals surface area contributed by atoms with Gasteiger partial charge in [-0.3, -0.25) is 0 Å². The number of methoxy groups -OCH3 is 1. The second-order valence-electron chi connectivity index (χ2n) is 6.02. The summed E-state index contributed by atoms with van der Waals surface area (Å²) in [5.74, 6) is 3.02. The maximum atomic E-state index is 5.66. The minimum atomic E-state index is 0.710. The number of nitrogens with zero attached hydrogens (tertiary/aromatic N) is 3. The predicted molar refractivity (Wildman–Crippen MR) is 97.2 cm³/mol. The van der Waals surface area contributed by atoms with Gasteiger partial charge in [0.2, 0.25) is 0 Å². The highest BCUT2D eigenvalue weighted by molar-refractivity contribution is 6.12. The molecule has 0 saturated carbocycles. The van der Waals surface area contributed by atoms with Crippen LogP contribution in [0.5, 0.6) is 5.75 Å². The van der Waals surface area contributed by atoms with Gasteiger partial charge in [0.1, 0.15) is 28.8 Å². The molecule has 4 aromatic rings. The van der Waals surface area contributed by atoms with E-state index in [4.69, 9.17) is 9.26 Å². The Hall–Kier alpha value is -3.09. The summed E-state index contributed by atoms with van der Waals surface area (Å²) in [6.45, 7) is 5.70. The Kier molecular flexibility index (Phi) is 3.38. The molecule has 25 heavy (non-hydrogen) atoms. The number of nitrogens with one attached hydrogen (secondary N) is 2. The van der Waals surface area contributed by atoms with Gasteiger partial charge in [-0.1, -0.05) is 5.16 Å². The highest BCUT2D eigenvalue weighted by Crippen LogP contribution is 2.40. The number of aryl methyl sites for hydroxylation is 3. The summed E-state index contributed by atoms with van der Waals surface area (Å²) in [6, 6.07) is 4.06. The number of hydrogen-bond acceptors (Lipinski definition) is 6. The second kappa shape index (κ2) is 5.47. The zero-order valence-corrected chi connectivity index (χ0v) is 14.8. The highest BCUT2D eigenvalue weighted by atomic mass is 16.5. The van der Waals surface area contributed by atoms with Gasteiger partial charge in [-0.15, -0.1) is 0 Å². The van der Waals surface area contributed by atoms with Crippen LogP contribution in [-0.2, 0) is 0 Å². The molecular formula is C18H19N5O2. The summed E-state index contributed by atoms with van der Waals surface area (Å²) < 4.78 is 11.0. The van der Waals surface area contributed by atoms with E-state index in [1.54, 1.807) is 7.11 Å². The standard InChI is InChI=1S/C18H19N5O2/c1-8-15(9(2)25-23-8)12-6-13-11(7-14(12)24-5)16-17(19-4)20-10(3)21-18(16)22-13/h6-7H,1-5H3,(H2,19,20,21,22). The monoisotopic (exact) mass is 337 g/mol. The smallest absolute Gasteiger partial charge is 0.144 e. The molecule has 2 N–H and O–H groups in total. The Labute approximate surface area is 144 Å². The van der Waals surface area contributed by atoms with Crippen molar-refractivity contribution in [2.45, 2.75) is 20.8 Å². The van der Waals surface area contributed by atoms with Gasteiger partial charge in [0.15, 0.2) is 0 Å². The zero-order chi connectivity index (χ0) is 17.7. The summed E-state index contributed by atoms with van der Waals surface area (Å²) in [5, 5.41) is 9.16. The third kappa shape index (κ3) is 2.23. The molecule has 0 saturated heterocycles. The van der Waals surface area contributed by atoms with E-state index in [1.165, 1.54) is 0 Å². The molecule has 1 aromatic carbocycles. The topological polar surface area (TPSA) is 88.9 Å². The summed E-state index contributed by atoms with van der Waals surface area (Å²) in [4.78, 5) is 12.4. The molecule has 3 heterocycles. The molecule has 0 radical (unpaired) electrons. The van der Waals surface area contributed by atoms with Gasteiger partial charge in [-0.05, 0) is 32.9 Å². The normalized spacial score (nSPS) is 11.4. The van der Waals surface area contributed by atoms with Crippen LogP contribution in [0.25, 0.3) is 33.1 Å². The minimum Gasteiger partial charge on any atom is -0.496 e. The van der Waals surface area contributed by atoms with Crippen LogP contribution >= 0.6 is 0 Å². The van der Waals surface area contributed by atoms with E-state index in [1.807, 2.05) is 33.9 Å². The fourth-order valence-corrected chi connectivity index (χ4v) is 3.35. The molecule has 0 aliphatic rings. The molecule has 0 bridgehead atoms. The average molecular weight is 337 g/mol. The third-order valence-corrected chi connectivity index (χ3v) is 4.42. The number of ether oxygens (including phenoxy) is 1. The summed E-state index contributed by atoms with van der Waals surface area (Å²) in [5.41, 5.74) is 4.48. The van der Waals surface area contributed by atoms with E-state index in [-0.39, 0.29) is 0 Å². The number of anilines is 1. The van der Waals surface area contributed by atoms with Crippen molar-refractivity contribution in [1.82, 2.24) is 20.1 Å². The Morgan fingerprint density at radius 1 is 1.16 bits per heavy atom. The lowest BCUT2D eigenvalue weighted by Gasteiger charge is -2.09. The number of benzene rings is 1. The summed E-state index contributed by atoms with van der Waals surface area (Å²) >= 11 is 0. The van der Waals surface area contributed by atoms with Crippen molar-refractivity contribution < 1.29 is 9.26 Å². The Balaban J connectivity index is 2.10. The van der Waals surface area contributed by atoms with E-state index in [0.717, 1.165) is 56.1 Å². The first kappa shape index (κ1) is 15.4. The van der Waals surface area contributed by atoms with Crippen molar-refractivity contribution in [3.63, 3.8) is 0 Å². The molecule has 4 rings (SSSR count). The maximum absolute atomic E-state index is 5.66. The zero-order valence-electron chi connectivity index (χ0n) is 14.8. The second-order valence-corrected chi connectivity index (χ2v) is 6.02. The van der Waals surface area contributed by atoms with Crippen molar-refractivity contribution in [1.29, 1.82) is 0 Å². The number of hydrogen-bond donors (Lipinski definition) is 2. The molecule has 7 heteroatoms. The average Bonchev–Trinajstić information content (AvgIpc) is 3.11. The third-order valence-electron chi connectivity index (χ3n) is 4.42. The Bertz CT molecular complexity index is 1090. The highest BCUT2D eigenvalue weighted by Gasteiger charge is 2.20. The number of fused-ring (bicyclic) bond motifs is 3. The molecule has 0 unspecified atom stereocenters. The molecule has 3 aromatic heterocycles. The number of aromatic nitrogens is 4. The minimum absolute atomic E-state index is 0.710. The number of rotatable bonds is 3. The SMILES string of the molecule is CNc1nc(C)nc2[nH]c3cc(-c4c(C)noc4C)c(OC)cc3c12. The van der Waals surface area contributed by atoms with Crippen molar-refractivity contribution in [3.8, 4) is 16.9 Å². The molecule has 0 aliphatic carbocycles. The molecule has 7 nitrogen and oxygen atoms in total. The first-order valence-electron chi connectivity index (χ1n) is 8.02. The van der Waals surface area contributed by atoms with Gasteiger partial charge in [0.05, 0.1) is 23.8 Å². The van der Waals surface area contributed by atoms with Crippen molar-refractivity contribution in [2.24, 2.45) is 0 Å². The first-order chi connectivity index (χ1) is 12.0. The van der Waals surface area contributed by atoms with Crippen LogP contribution in [0.15, 0.2) is 16.7 Å². The van der Waals surface area contributed by atoms with Gasteiger partial charge < -0.3 is 19.6 Å². The fourth-order valence-electron chi connectivity index (χ4n) is 3.35. The van der Waals surface area contributed by atoms with Crippen molar-refractivity contribution in [2.75, 3.05) is 19.5 Å². The fraction of sp³-hybridized carbons (Fsp3) is 0.278. The lowest BCUT2D eigenvalue weighted by Crippen LogP contribution is -1.97. The molecular weight excluding hydrogens is 318 g/mol. The number of aromatic amines is 1. The van der Waals surface area contributed by atoms with Gasteiger partial charge in [0, 0.05) is 23.5 Å². The number of H-pyrrole nitrogens is 1. The molecule has 128 valence electrons. The lowest BCUT2D eigenvalue weighted by molar-refractivity contribution is 0.393. The van der Waals surface area contributed by atoms with Crippen LogP contribution < -0.4 is 10.1 Å². The van der Waals surface area contributed by atoms with Crippen LogP contribution in [0.1, 0.15) is 17.3 Å². The Morgan fingerprint density at radius 2 is 1.96 bits per heavy atom. The van der Waals surface area contributed by atoms with E-state index >= 15 is 0 Å². The van der Waals surface area contributed by atoms with Crippen LogP contribution in [0.4, 0.5) is 5.82 Å². The van der Waals surface area contributed by atoms with E-state index in [9.17, 15) is 0 Å². The van der Waals surface area contributed by atoms with Gasteiger partial charge in [-0.25, -0.2) is 9.97 Å². The van der Waals surface area contributed by atoms with Crippen LogP contribution in [0.2, 0.25) is 0 Å². The van der Waals surface area contributed by atoms with Gasteiger partial charge >= 0.3 is 0 Å². The lowest BCUT2D eigenvalue weighted by atomic mass is 10.0. The van der Waals surface area contributed by atoms with E-state index in [2.05, 4.69) is 31.5 Å². The first-order valence-corrected chi connectivity index (χ1v) is 8.02. The largest absolute Gasteiger partial charge is 0.496 e. The van der Waals surface area contributed by atoms with Crippen LogP contribution in [0, 0.1) is 20.8 Å². The predicted octanol–water partition coefficient (Wildman–Crippen LogP) is 3.74. The van der Waals surface area contributed by atoms with Crippen LogP contribution in [0.3, 0.4) is 0 Å². The molecule has 0 atom stereocenters. The van der Waals surface area contributed by atoms with Gasteiger partial charge in [-0.2, -0.15) is 0 Å². The molecule has 0 spiro atoms. The quantitative estimate of drug-likeness (QED) is 0.592. The maximum Gasteiger partial charge on any atom is 0.144 e. The van der Waals surface area contributed by atoms with E-state index < -0.39 is 0 Å². The van der Waals surface area contributed by atoms with E-state index in [0.29, 0.717) is 5.82 Å². The van der Waals surface area contributed by atoms with Crippen molar-refractivity contribution >= 4 is 27.8 Å². The summed E-state index contributed by atoms with van der Waals surface area (Å²) in [6.07, 6.45) is 0. The Morgan fingerprint density at radius 3 is 2.60 bits per heavy atom. The molecule has 0 aliphatic heterocycles. The van der Waals surface area contributed by atoms with Crippen LogP contribution in [-0.4, -0.2) is 34.3 Å². The molecule has 0 fully saturated rings. The van der Waals surface area contributed by atoms with Crippen molar-refractivity contribution in [3.05, 3.63) is 29.4 Å². The summed E-state index contributed by atoms with van der Waals surface area (Å²) in [7, 11) is 3.52. The molecule has 0 amide bonds.